The zero-order valence-electron chi connectivity index (χ0n) is 10.8. The summed E-state index contributed by atoms with van der Waals surface area (Å²) >= 11 is 1.50. The molecule has 0 aliphatic rings. The molecule has 0 radical (unpaired) electrons. The van der Waals surface area contributed by atoms with Crippen molar-refractivity contribution in [1.29, 1.82) is 0 Å². The predicted molar refractivity (Wildman–Crippen MR) is 79.5 cm³/mol. The van der Waals surface area contributed by atoms with Crippen molar-refractivity contribution in [3.8, 4) is 16.5 Å². The van der Waals surface area contributed by atoms with Crippen LogP contribution in [0.2, 0.25) is 0 Å². The van der Waals surface area contributed by atoms with Crippen LogP contribution in [0.25, 0.3) is 21.7 Å². The molecular formula is C14H11N3O3S. The number of carbonyl (C=O) groups is 2. The maximum Gasteiger partial charge on any atom is 0.253 e. The van der Waals surface area contributed by atoms with E-state index in [1.165, 1.54) is 23.5 Å². The lowest BCUT2D eigenvalue weighted by atomic mass is 10.1. The number of aldehydes is 1. The highest BCUT2D eigenvalue weighted by molar-refractivity contribution is 7.13. The number of aromatic amines is 1. The van der Waals surface area contributed by atoms with Gasteiger partial charge in [0, 0.05) is 0 Å². The van der Waals surface area contributed by atoms with Crippen molar-refractivity contribution in [2.24, 2.45) is 0 Å². The number of hydrogen-bond donors (Lipinski definition) is 3. The summed E-state index contributed by atoms with van der Waals surface area (Å²) in [5, 5.41) is 14.3. The molecule has 0 aliphatic carbocycles. The SMILES string of the molecule is O=CCNC(=O)c1ccc(O)c2[nH]c(-c3cccs3)nc12. The van der Waals surface area contributed by atoms with Crippen LogP contribution in [0.3, 0.4) is 0 Å². The van der Waals surface area contributed by atoms with Crippen molar-refractivity contribution in [2.75, 3.05) is 6.54 Å². The van der Waals surface area contributed by atoms with Gasteiger partial charge in [0.2, 0.25) is 0 Å². The summed E-state index contributed by atoms with van der Waals surface area (Å²) in [6.07, 6.45) is 0.608. The first kappa shape index (κ1) is 13.3. The Labute approximate surface area is 123 Å². The molecule has 7 heteroatoms. The minimum Gasteiger partial charge on any atom is -0.506 e. The van der Waals surface area contributed by atoms with Crippen molar-refractivity contribution in [3.63, 3.8) is 0 Å². The molecule has 0 spiro atoms. The molecule has 0 atom stereocenters. The van der Waals surface area contributed by atoms with Crippen LogP contribution in [0.4, 0.5) is 0 Å². The second-order valence-electron chi connectivity index (χ2n) is 4.30. The third-order valence-electron chi connectivity index (χ3n) is 2.97. The van der Waals surface area contributed by atoms with E-state index in [0.717, 1.165) is 4.88 Å². The lowest BCUT2D eigenvalue weighted by Crippen LogP contribution is -2.25. The molecule has 0 saturated heterocycles. The number of imidazole rings is 1. The number of amides is 1. The Bertz CT molecular complexity index is 808. The number of nitrogens with zero attached hydrogens (tertiary/aromatic N) is 1. The molecule has 21 heavy (non-hydrogen) atoms. The Hall–Kier alpha value is -2.67. The van der Waals surface area contributed by atoms with Crippen molar-refractivity contribution in [3.05, 3.63) is 35.2 Å². The van der Waals surface area contributed by atoms with E-state index in [1.807, 2.05) is 17.5 Å². The van der Waals surface area contributed by atoms with Crippen LogP contribution in [0.1, 0.15) is 10.4 Å². The average molecular weight is 301 g/mol. The minimum absolute atomic E-state index is 0.0206. The Kier molecular flexibility index (Phi) is 3.41. The first-order valence-corrected chi connectivity index (χ1v) is 7.06. The van der Waals surface area contributed by atoms with Gasteiger partial charge in [0.05, 0.1) is 17.0 Å². The van der Waals surface area contributed by atoms with Crippen LogP contribution < -0.4 is 5.32 Å². The number of thiophene rings is 1. The normalized spacial score (nSPS) is 10.7. The lowest BCUT2D eigenvalue weighted by molar-refractivity contribution is -0.107. The standard InChI is InChI=1S/C14H11N3O3S/c18-6-5-15-14(20)8-3-4-9(19)12-11(8)16-13(17-12)10-2-1-7-21-10/h1-4,6-7,19H,5H2,(H,15,20)(H,16,17). The predicted octanol–water partition coefficient (Wildman–Crippen LogP) is 1.93. The third-order valence-corrected chi connectivity index (χ3v) is 3.84. The van der Waals surface area contributed by atoms with Crippen LogP contribution in [-0.2, 0) is 4.79 Å². The molecule has 1 aromatic carbocycles. The van der Waals surface area contributed by atoms with E-state index in [2.05, 4.69) is 15.3 Å². The number of phenols is 1. The number of phenolic OH excluding ortho intramolecular Hbond substituents is 1. The van der Waals surface area contributed by atoms with Gasteiger partial charge in [-0.05, 0) is 23.6 Å². The number of aromatic hydroxyl groups is 1. The topological polar surface area (TPSA) is 95.1 Å². The second kappa shape index (κ2) is 5.37. The fourth-order valence-electron chi connectivity index (χ4n) is 2.02. The fraction of sp³-hybridized carbons (Fsp3) is 0.0714. The number of carbonyl (C=O) groups excluding carboxylic acids is 2. The van der Waals surface area contributed by atoms with E-state index in [0.29, 0.717) is 28.7 Å². The van der Waals surface area contributed by atoms with E-state index in [4.69, 9.17) is 0 Å². The molecule has 0 bridgehead atoms. The van der Waals surface area contributed by atoms with E-state index in [9.17, 15) is 14.7 Å². The molecule has 0 aliphatic heterocycles. The summed E-state index contributed by atoms with van der Waals surface area (Å²) in [4.78, 5) is 30.7. The summed E-state index contributed by atoms with van der Waals surface area (Å²) in [6, 6.07) is 6.70. The molecule has 6 nitrogen and oxygen atoms in total. The molecule has 1 amide bonds. The summed E-state index contributed by atoms with van der Waals surface area (Å²) in [6.45, 7) is -0.0661. The van der Waals surface area contributed by atoms with E-state index in [-0.39, 0.29) is 12.3 Å². The van der Waals surface area contributed by atoms with Gasteiger partial charge in [0.25, 0.3) is 5.91 Å². The zero-order chi connectivity index (χ0) is 14.8. The quantitative estimate of drug-likeness (QED) is 0.642. The van der Waals surface area contributed by atoms with Crippen molar-refractivity contribution in [1.82, 2.24) is 15.3 Å². The highest BCUT2D eigenvalue weighted by Gasteiger charge is 2.17. The minimum atomic E-state index is -0.406. The number of aromatic nitrogens is 2. The molecule has 0 unspecified atom stereocenters. The monoisotopic (exact) mass is 301 g/mol. The molecule has 0 fully saturated rings. The second-order valence-corrected chi connectivity index (χ2v) is 5.24. The molecule has 3 rings (SSSR count). The van der Waals surface area contributed by atoms with Gasteiger partial charge >= 0.3 is 0 Å². The molecule has 0 saturated carbocycles. The summed E-state index contributed by atoms with van der Waals surface area (Å²) in [5.41, 5.74) is 1.09. The van der Waals surface area contributed by atoms with Crippen LogP contribution in [0, 0.1) is 0 Å². The fourth-order valence-corrected chi connectivity index (χ4v) is 2.69. The number of H-pyrrole nitrogens is 1. The number of benzene rings is 1. The van der Waals surface area contributed by atoms with Gasteiger partial charge < -0.3 is 20.2 Å². The van der Waals surface area contributed by atoms with E-state index in [1.54, 1.807) is 0 Å². The molecular weight excluding hydrogens is 290 g/mol. The van der Waals surface area contributed by atoms with E-state index < -0.39 is 5.91 Å². The summed E-state index contributed by atoms with van der Waals surface area (Å²) < 4.78 is 0. The Morgan fingerprint density at radius 2 is 2.29 bits per heavy atom. The van der Waals surface area contributed by atoms with Crippen LogP contribution in [-0.4, -0.2) is 33.8 Å². The average Bonchev–Trinajstić information content (AvgIpc) is 3.13. The third kappa shape index (κ3) is 2.38. The Morgan fingerprint density at radius 3 is 3.00 bits per heavy atom. The van der Waals surface area contributed by atoms with Gasteiger partial charge in [0.1, 0.15) is 28.9 Å². The number of hydrogen-bond acceptors (Lipinski definition) is 5. The first-order valence-electron chi connectivity index (χ1n) is 6.18. The molecule has 2 heterocycles. The molecule has 106 valence electrons. The van der Waals surface area contributed by atoms with Crippen molar-refractivity contribution >= 4 is 34.6 Å². The van der Waals surface area contributed by atoms with Gasteiger partial charge in [-0.1, -0.05) is 6.07 Å². The van der Waals surface area contributed by atoms with E-state index >= 15 is 0 Å². The maximum absolute atomic E-state index is 12.0. The van der Waals surface area contributed by atoms with Gasteiger partial charge in [-0.15, -0.1) is 11.3 Å². The number of nitrogens with one attached hydrogen (secondary N) is 2. The molecule has 3 aromatic rings. The van der Waals surface area contributed by atoms with Gasteiger partial charge in [0.15, 0.2) is 0 Å². The van der Waals surface area contributed by atoms with Gasteiger partial charge in [-0.2, -0.15) is 0 Å². The first-order chi connectivity index (χ1) is 10.2. The van der Waals surface area contributed by atoms with Crippen LogP contribution in [0.5, 0.6) is 5.75 Å². The Balaban J connectivity index is 2.12. The summed E-state index contributed by atoms with van der Waals surface area (Å²) in [7, 11) is 0. The van der Waals surface area contributed by atoms with Gasteiger partial charge in [-0.3, -0.25) is 4.79 Å². The highest BCUT2D eigenvalue weighted by atomic mass is 32.1. The smallest absolute Gasteiger partial charge is 0.253 e. The Morgan fingerprint density at radius 1 is 1.43 bits per heavy atom. The zero-order valence-corrected chi connectivity index (χ0v) is 11.6. The number of fused-ring (bicyclic) bond motifs is 1. The van der Waals surface area contributed by atoms with Crippen molar-refractivity contribution < 1.29 is 14.7 Å². The summed E-state index contributed by atoms with van der Waals surface area (Å²) in [5.74, 6) is 0.203. The molecule has 2 aromatic heterocycles. The number of rotatable bonds is 4. The lowest BCUT2D eigenvalue weighted by Gasteiger charge is -2.03. The largest absolute Gasteiger partial charge is 0.506 e. The van der Waals surface area contributed by atoms with Crippen LogP contribution >= 0.6 is 11.3 Å². The van der Waals surface area contributed by atoms with Crippen LogP contribution in [0.15, 0.2) is 29.6 Å². The molecule has 3 N–H and O–H groups in total. The van der Waals surface area contributed by atoms with Gasteiger partial charge in [-0.25, -0.2) is 4.98 Å². The van der Waals surface area contributed by atoms with Crippen molar-refractivity contribution in [2.45, 2.75) is 0 Å². The highest BCUT2D eigenvalue weighted by Crippen LogP contribution is 2.30. The maximum atomic E-state index is 12.0.